The maximum Gasteiger partial charge on any atom is 0.252 e. The van der Waals surface area contributed by atoms with E-state index >= 15 is 0 Å². The van der Waals surface area contributed by atoms with Gasteiger partial charge in [-0.1, -0.05) is 13.3 Å². The Bertz CT molecular complexity index is 565. The Balaban J connectivity index is 2.03. The molecule has 0 spiro atoms. The van der Waals surface area contributed by atoms with Gasteiger partial charge in [-0.3, -0.25) is 14.8 Å². The Hall–Kier alpha value is -2.17. The van der Waals surface area contributed by atoms with E-state index in [1.165, 1.54) is 0 Å². The standard InChI is InChI=1S/C14H18N4O/c1-2-3-4-12-9-13(19)18-14(17-12)16-10-11-5-7-15-8-6-11/h5-9H,2-4,10H2,1H3,(H2,16,17,18,19). The second-order valence-corrected chi connectivity index (χ2v) is 4.40. The average molecular weight is 258 g/mol. The number of nitrogens with one attached hydrogen (secondary N) is 2. The smallest absolute Gasteiger partial charge is 0.252 e. The van der Waals surface area contributed by atoms with Gasteiger partial charge in [0.05, 0.1) is 0 Å². The van der Waals surface area contributed by atoms with Gasteiger partial charge in [0.25, 0.3) is 5.56 Å². The lowest BCUT2D eigenvalue weighted by Gasteiger charge is -2.06. The number of nitrogens with zero attached hydrogens (tertiary/aromatic N) is 2. The van der Waals surface area contributed by atoms with E-state index in [2.05, 4.69) is 27.2 Å². The Morgan fingerprint density at radius 1 is 1.32 bits per heavy atom. The first-order valence-electron chi connectivity index (χ1n) is 6.51. The van der Waals surface area contributed by atoms with E-state index in [-0.39, 0.29) is 5.56 Å². The molecule has 0 amide bonds. The predicted octanol–water partition coefficient (Wildman–Crippen LogP) is 2.12. The van der Waals surface area contributed by atoms with Crippen LogP contribution in [0.25, 0.3) is 0 Å². The highest BCUT2D eigenvalue weighted by Gasteiger charge is 2.01. The molecule has 0 aliphatic carbocycles. The molecule has 0 saturated carbocycles. The quantitative estimate of drug-likeness (QED) is 0.832. The first kappa shape index (κ1) is 13.3. The molecule has 2 rings (SSSR count). The fourth-order valence-corrected chi connectivity index (χ4v) is 1.76. The number of hydrogen-bond acceptors (Lipinski definition) is 4. The number of hydrogen-bond donors (Lipinski definition) is 2. The third-order valence-electron chi connectivity index (χ3n) is 2.79. The Morgan fingerprint density at radius 2 is 2.11 bits per heavy atom. The van der Waals surface area contributed by atoms with Crippen LogP contribution >= 0.6 is 0 Å². The van der Waals surface area contributed by atoms with E-state index in [4.69, 9.17) is 0 Å². The number of aromatic nitrogens is 3. The van der Waals surface area contributed by atoms with Crippen LogP contribution in [0.1, 0.15) is 31.0 Å². The van der Waals surface area contributed by atoms with Crippen molar-refractivity contribution >= 4 is 5.95 Å². The lowest BCUT2D eigenvalue weighted by Crippen LogP contribution is -2.14. The summed E-state index contributed by atoms with van der Waals surface area (Å²) in [6.45, 7) is 2.73. The largest absolute Gasteiger partial charge is 0.352 e. The Kier molecular flexibility index (Phi) is 4.66. The van der Waals surface area contributed by atoms with Crippen LogP contribution in [0.3, 0.4) is 0 Å². The van der Waals surface area contributed by atoms with Crippen LogP contribution in [-0.2, 0) is 13.0 Å². The number of unbranched alkanes of at least 4 members (excludes halogenated alkanes) is 1. The van der Waals surface area contributed by atoms with Crippen LogP contribution in [0.4, 0.5) is 5.95 Å². The van der Waals surface area contributed by atoms with Crippen molar-refractivity contribution in [2.45, 2.75) is 32.7 Å². The van der Waals surface area contributed by atoms with E-state index < -0.39 is 0 Å². The number of anilines is 1. The summed E-state index contributed by atoms with van der Waals surface area (Å²) in [6.07, 6.45) is 6.45. The van der Waals surface area contributed by atoms with Gasteiger partial charge in [0.1, 0.15) is 0 Å². The second-order valence-electron chi connectivity index (χ2n) is 4.40. The molecule has 0 fully saturated rings. The minimum absolute atomic E-state index is 0.113. The van der Waals surface area contributed by atoms with Crippen molar-refractivity contribution < 1.29 is 0 Å². The maximum atomic E-state index is 11.5. The summed E-state index contributed by atoms with van der Waals surface area (Å²) >= 11 is 0. The van der Waals surface area contributed by atoms with Gasteiger partial charge in [-0.25, -0.2) is 4.98 Å². The fourth-order valence-electron chi connectivity index (χ4n) is 1.76. The molecule has 2 aromatic heterocycles. The van der Waals surface area contributed by atoms with Crippen molar-refractivity contribution in [3.05, 3.63) is 52.2 Å². The third kappa shape index (κ3) is 4.21. The normalized spacial score (nSPS) is 10.4. The third-order valence-corrected chi connectivity index (χ3v) is 2.79. The highest BCUT2D eigenvalue weighted by molar-refractivity contribution is 5.27. The van der Waals surface area contributed by atoms with E-state index in [9.17, 15) is 4.79 Å². The summed E-state index contributed by atoms with van der Waals surface area (Å²) in [4.78, 5) is 22.6. The molecule has 0 aromatic carbocycles. The van der Waals surface area contributed by atoms with Gasteiger partial charge in [-0.15, -0.1) is 0 Å². The van der Waals surface area contributed by atoms with Crippen LogP contribution in [0.2, 0.25) is 0 Å². The minimum atomic E-state index is -0.113. The first-order valence-corrected chi connectivity index (χ1v) is 6.51. The molecule has 0 aliphatic heterocycles. The Labute approximate surface area is 112 Å². The van der Waals surface area contributed by atoms with Gasteiger partial charge >= 0.3 is 0 Å². The van der Waals surface area contributed by atoms with Crippen molar-refractivity contribution in [2.24, 2.45) is 0 Å². The van der Waals surface area contributed by atoms with Crippen LogP contribution in [0.5, 0.6) is 0 Å². The average Bonchev–Trinajstić information content (AvgIpc) is 2.43. The summed E-state index contributed by atoms with van der Waals surface area (Å²) in [5, 5.41) is 3.12. The second kappa shape index (κ2) is 6.68. The number of aromatic amines is 1. The topological polar surface area (TPSA) is 70.7 Å². The van der Waals surface area contributed by atoms with Gasteiger partial charge in [-0.05, 0) is 30.5 Å². The molecule has 0 aliphatic rings. The van der Waals surface area contributed by atoms with Crippen molar-refractivity contribution in [1.29, 1.82) is 0 Å². The van der Waals surface area contributed by atoms with Crippen molar-refractivity contribution in [1.82, 2.24) is 15.0 Å². The molecule has 0 atom stereocenters. The molecule has 0 bridgehead atoms. The molecule has 0 radical (unpaired) electrons. The highest BCUT2D eigenvalue weighted by Crippen LogP contribution is 2.04. The molecule has 2 N–H and O–H groups in total. The van der Waals surface area contributed by atoms with Crippen molar-refractivity contribution in [3.8, 4) is 0 Å². The first-order chi connectivity index (χ1) is 9.28. The van der Waals surface area contributed by atoms with Crippen molar-refractivity contribution in [2.75, 3.05) is 5.32 Å². The molecule has 19 heavy (non-hydrogen) atoms. The predicted molar refractivity (Wildman–Crippen MR) is 75.0 cm³/mol. The van der Waals surface area contributed by atoms with Crippen LogP contribution < -0.4 is 10.9 Å². The number of H-pyrrole nitrogens is 1. The summed E-state index contributed by atoms with van der Waals surface area (Å²) in [5.74, 6) is 0.524. The van der Waals surface area contributed by atoms with E-state index in [1.54, 1.807) is 18.5 Å². The van der Waals surface area contributed by atoms with Gasteiger partial charge in [-0.2, -0.15) is 0 Å². The maximum absolute atomic E-state index is 11.5. The zero-order valence-corrected chi connectivity index (χ0v) is 11.0. The molecular formula is C14H18N4O. The number of aryl methyl sites for hydroxylation is 1. The summed E-state index contributed by atoms with van der Waals surface area (Å²) < 4.78 is 0. The van der Waals surface area contributed by atoms with Gasteiger partial charge in [0.15, 0.2) is 0 Å². The lowest BCUT2D eigenvalue weighted by molar-refractivity contribution is 0.771. The molecule has 0 unspecified atom stereocenters. The van der Waals surface area contributed by atoms with Crippen LogP contribution in [0, 0.1) is 0 Å². The molecule has 2 heterocycles. The zero-order chi connectivity index (χ0) is 13.5. The van der Waals surface area contributed by atoms with E-state index in [0.29, 0.717) is 12.5 Å². The molecule has 100 valence electrons. The fraction of sp³-hybridized carbons (Fsp3) is 0.357. The zero-order valence-electron chi connectivity index (χ0n) is 11.0. The van der Waals surface area contributed by atoms with Crippen LogP contribution in [0.15, 0.2) is 35.4 Å². The molecule has 2 aromatic rings. The summed E-state index contributed by atoms with van der Waals surface area (Å²) in [5.41, 5.74) is 1.82. The number of pyridine rings is 1. The van der Waals surface area contributed by atoms with Gasteiger partial charge in [0.2, 0.25) is 5.95 Å². The number of rotatable bonds is 6. The van der Waals surface area contributed by atoms with Crippen LogP contribution in [-0.4, -0.2) is 15.0 Å². The lowest BCUT2D eigenvalue weighted by atomic mass is 10.2. The molecule has 0 saturated heterocycles. The Morgan fingerprint density at radius 3 is 2.84 bits per heavy atom. The van der Waals surface area contributed by atoms with Crippen molar-refractivity contribution in [3.63, 3.8) is 0 Å². The molecule has 5 heteroatoms. The minimum Gasteiger partial charge on any atom is -0.352 e. The van der Waals surface area contributed by atoms with Gasteiger partial charge < -0.3 is 5.32 Å². The summed E-state index contributed by atoms with van der Waals surface area (Å²) in [6, 6.07) is 5.41. The highest BCUT2D eigenvalue weighted by atomic mass is 16.1. The van der Waals surface area contributed by atoms with E-state index in [0.717, 1.165) is 30.5 Å². The molecular weight excluding hydrogens is 240 g/mol. The molecule has 5 nitrogen and oxygen atoms in total. The van der Waals surface area contributed by atoms with E-state index in [1.807, 2.05) is 12.1 Å². The monoisotopic (exact) mass is 258 g/mol. The SMILES string of the molecule is CCCCc1cc(=O)[nH]c(NCc2ccncc2)n1. The summed E-state index contributed by atoms with van der Waals surface area (Å²) in [7, 11) is 0. The van der Waals surface area contributed by atoms with Gasteiger partial charge in [0, 0.05) is 30.7 Å².